The van der Waals surface area contributed by atoms with E-state index in [9.17, 15) is 5.11 Å². The van der Waals surface area contributed by atoms with Crippen molar-refractivity contribution in [1.82, 2.24) is 0 Å². The zero-order chi connectivity index (χ0) is 14.0. The second-order valence-corrected chi connectivity index (χ2v) is 6.45. The van der Waals surface area contributed by atoms with Crippen LogP contribution in [0.3, 0.4) is 0 Å². The molecule has 1 unspecified atom stereocenters. The molecule has 0 radical (unpaired) electrons. The van der Waals surface area contributed by atoms with Gasteiger partial charge in [-0.1, -0.05) is 18.2 Å². The van der Waals surface area contributed by atoms with Crippen LogP contribution in [0.5, 0.6) is 0 Å². The van der Waals surface area contributed by atoms with Crippen molar-refractivity contribution in [2.75, 3.05) is 0 Å². The summed E-state index contributed by atoms with van der Waals surface area (Å²) in [5.74, 6) is 0. The van der Waals surface area contributed by atoms with E-state index in [4.69, 9.17) is 10.5 Å². The molecule has 1 aromatic carbocycles. The minimum atomic E-state index is -0.923. The van der Waals surface area contributed by atoms with E-state index in [2.05, 4.69) is 18.2 Å². The minimum Gasteiger partial charge on any atom is -0.367 e. The monoisotopic (exact) mass is 263 g/mol. The van der Waals surface area contributed by atoms with Crippen molar-refractivity contribution in [3.8, 4) is 0 Å². The van der Waals surface area contributed by atoms with Crippen molar-refractivity contribution in [3.05, 3.63) is 34.9 Å². The molecule has 1 aromatic rings. The van der Waals surface area contributed by atoms with Crippen LogP contribution >= 0.6 is 0 Å². The van der Waals surface area contributed by atoms with E-state index in [0.717, 1.165) is 0 Å². The fourth-order valence-corrected chi connectivity index (χ4v) is 2.57. The normalized spacial score (nSPS) is 18.2. The summed E-state index contributed by atoms with van der Waals surface area (Å²) in [5, 5.41) is 9.96. The molecule has 0 aromatic heterocycles. The lowest BCUT2D eigenvalue weighted by molar-refractivity contribution is -0.175. The first-order valence-electron chi connectivity index (χ1n) is 7.07. The van der Waals surface area contributed by atoms with Crippen molar-refractivity contribution in [1.29, 1.82) is 0 Å². The molecule has 0 saturated carbocycles. The molecular formula is C16H25NO2. The number of rotatable bonds is 4. The Morgan fingerprint density at radius 2 is 1.95 bits per heavy atom. The molecule has 0 heterocycles. The first-order valence-corrected chi connectivity index (χ1v) is 7.07. The van der Waals surface area contributed by atoms with Gasteiger partial charge >= 0.3 is 0 Å². The third-order valence-electron chi connectivity index (χ3n) is 3.47. The molecule has 0 spiro atoms. The summed E-state index contributed by atoms with van der Waals surface area (Å²) >= 11 is 0. The predicted molar refractivity (Wildman–Crippen MR) is 77.0 cm³/mol. The molecule has 3 nitrogen and oxygen atoms in total. The van der Waals surface area contributed by atoms with Gasteiger partial charge in [-0.15, -0.1) is 0 Å². The number of benzene rings is 1. The van der Waals surface area contributed by atoms with E-state index in [1.54, 1.807) is 0 Å². The maximum absolute atomic E-state index is 9.96. The fraction of sp³-hybridized carbons (Fsp3) is 0.625. The van der Waals surface area contributed by atoms with E-state index in [1.165, 1.54) is 36.0 Å². The maximum Gasteiger partial charge on any atom is 0.170 e. The standard InChI is InChI=1S/C16H25NO2/c1-16(2,3)19-15(18)14(17)10-11-7-8-12-5-4-6-13(12)9-11/h7-9,14-15,18H,4-6,10,17H2,1-3H3/t14-,15?/m0/s1. The van der Waals surface area contributed by atoms with E-state index < -0.39 is 12.3 Å². The van der Waals surface area contributed by atoms with Gasteiger partial charge in [0.25, 0.3) is 0 Å². The minimum absolute atomic E-state index is 0.380. The quantitative estimate of drug-likeness (QED) is 0.819. The topological polar surface area (TPSA) is 55.5 Å². The lowest BCUT2D eigenvalue weighted by Crippen LogP contribution is -2.42. The van der Waals surface area contributed by atoms with E-state index >= 15 is 0 Å². The Kier molecular flexibility index (Phi) is 4.29. The van der Waals surface area contributed by atoms with Crippen LogP contribution in [0.2, 0.25) is 0 Å². The van der Waals surface area contributed by atoms with Gasteiger partial charge in [0.15, 0.2) is 6.29 Å². The van der Waals surface area contributed by atoms with Crippen LogP contribution in [-0.4, -0.2) is 23.0 Å². The van der Waals surface area contributed by atoms with E-state index in [1.807, 2.05) is 20.8 Å². The molecule has 3 heteroatoms. The lowest BCUT2D eigenvalue weighted by atomic mass is 10.0. The van der Waals surface area contributed by atoms with Crippen molar-refractivity contribution < 1.29 is 9.84 Å². The van der Waals surface area contributed by atoms with Crippen molar-refractivity contribution >= 4 is 0 Å². The number of hydrogen-bond acceptors (Lipinski definition) is 3. The van der Waals surface area contributed by atoms with Gasteiger partial charge in [-0.25, -0.2) is 0 Å². The van der Waals surface area contributed by atoms with Crippen molar-refractivity contribution in [2.45, 2.75) is 64.4 Å². The van der Waals surface area contributed by atoms with Crippen LogP contribution in [-0.2, 0) is 24.0 Å². The Morgan fingerprint density at radius 3 is 2.63 bits per heavy atom. The first-order chi connectivity index (χ1) is 8.85. The Hall–Kier alpha value is -0.900. The summed E-state index contributed by atoms with van der Waals surface area (Å²) in [6.07, 6.45) is 3.33. The number of nitrogens with two attached hydrogens (primary N) is 1. The molecule has 106 valence electrons. The Labute approximate surface area is 115 Å². The molecule has 1 aliphatic carbocycles. The third kappa shape index (κ3) is 4.03. The smallest absolute Gasteiger partial charge is 0.170 e. The largest absolute Gasteiger partial charge is 0.367 e. The fourth-order valence-electron chi connectivity index (χ4n) is 2.57. The van der Waals surface area contributed by atoms with Crippen LogP contribution in [0.15, 0.2) is 18.2 Å². The molecule has 0 amide bonds. The van der Waals surface area contributed by atoms with E-state index in [-0.39, 0.29) is 5.60 Å². The molecular weight excluding hydrogens is 238 g/mol. The average molecular weight is 263 g/mol. The molecule has 2 rings (SSSR count). The van der Waals surface area contributed by atoms with Crippen LogP contribution in [0.1, 0.15) is 43.9 Å². The Morgan fingerprint density at radius 1 is 1.26 bits per heavy atom. The zero-order valence-corrected chi connectivity index (χ0v) is 12.1. The molecule has 1 aliphatic rings. The highest BCUT2D eigenvalue weighted by Gasteiger charge is 2.23. The van der Waals surface area contributed by atoms with Gasteiger partial charge in [0.05, 0.1) is 11.6 Å². The highest BCUT2D eigenvalue weighted by Crippen LogP contribution is 2.23. The first kappa shape index (κ1) is 14.5. The predicted octanol–water partition coefficient (Wildman–Crippen LogP) is 2.18. The van der Waals surface area contributed by atoms with Gasteiger partial charge in [0.2, 0.25) is 0 Å². The summed E-state index contributed by atoms with van der Waals surface area (Å²) in [4.78, 5) is 0. The average Bonchev–Trinajstić information content (AvgIpc) is 2.73. The highest BCUT2D eigenvalue weighted by molar-refractivity contribution is 5.35. The third-order valence-corrected chi connectivity index (χ3v) is 3.47. The summed E-state index contributed by atoms with van der Waals surface area (Å²) in [5.41, 5.74) is 9.73. The highest BCUT2D eigenvalue weighted by atomic mass is 16.6. The van der Waals surface area contributed by atoms with Crippen LogP contribution in [0.25, 0.3) is 0 Å². The van der Waals surface area contributed by atoms with Gasteiger partial charge in [0, 0.05) is 0 Å². The number of ether oxygens (including phenoxy) is 1. The molecule has 2 atom stereocenters. The second-order valence-electron chi connectivity index (χ2n) is 6.45. The van der Waals surface area contributed by atoms with Crippen molar-refractivity contribution in [2.24, 2.45) is 5.73 Å². The van der Waals surface area contributed by atoms with Crippen molar-refractivity contribution in [3.63, 3.8) is 0 Å². The maximum atomic E-state index is 9.96. The summed E-state index contributed by atoms with van der Waals surface area (Å²) in [7, 11) is 0. The summed E-state index contributed by atoms with van der Waals surface area (Å²) < 4.78 is 5.49. The van der Waals surface area contributed by atoms with Crippen LogP contribution in [0, 0.1) is 0 Å². The van der Waals surface area contributed by atoms with Crippen LogP contribution in [0.4, 0.5) is 0 Å². The zero-order valence-electron chi connectivity index (χ0n) is 12.1. The lowest BCUT2D eigenvalue weighted by Gasteiger charge is -2.27. The van der Waals surface area contributed by atoms with Gasteiger partial charge < -0.3 is 15.6 Å². The van der Waals surface area contributed by atoms with E-state index in [0.29, 0.717) is 6.42 Å². The number of fused-ring (bicyclic) bond motifs is 1. The van der Waals surface area contributed by atoms with Gasteiger partial charge in [-0.2, -0.15) is 0 Å². The van der Waals surface area contributed by atoms with Crippen LogP contribution < -0.4 is 5.73 Å². The number of aryl methyl sites for hydroxylation is 2. The molecule has 0 fully saturated rings. The van der Waals surface area contributed by atoms with Gasteiger partial charge in [0.1, 0.15) is 0 Å². The summed E-state index contributed by atoms with van der Waals surface area (Å²) in [6.45, 7) is 5.75. The molecule has 3 N–H and O–H groups in total. The molecule has 0 aliphatic heterocycles. The number of aliphatic hydroxyl groups excluding tert-OH is 1. The SMILES string of the molecule is CC(C)(C)OC(O)[C@@H](N)Cc1ccc2c(c1)CCC2. The second kappa shape index (κ2) is 5.61. The van der Waals surface area contributed by atoms with Gasteiger partial charge in [-0.05, 0) is 63.1 Å². The Balaban J connectivity index is 1.97. The summed E-state index contributed by atoms with van der Waals surface area (Å²) in [6, 6.07) is 6.15. The molecule has 19 heavy (non-hydrogen) atoms. The molecule has 0 bridgehead atoms. The number of hydrogen-bond donors (Lipinski definition) is 2. The Bertz CT molecular complexity index is 437. The molecule has 0 saturated heterocycles. The van der Waals surface area contributed by atoms with Gasteiger partial charge in [-0.3, -0.25) is 0 Å². The number of aliphatic hydroxyl groups is 1.